The van der Waals surface area contributed by atoms with Crippen LogP contribution in [0.5, 0.6) is 0 Å². The Balaban J connectivity index is 2.17. The van der Waals surface area contributed by atoms with E-state index in [1.807, 2.05) is 49.5 Å². The Hall–Kier alpha value is -1.91. The predicted octanol–water partition coefficient (Wildman–Crippen LogP) is 2.94. The first-order valence-electron chi connectivity index (χ1n) is 7.31. The van der Waals surface area contributed by atoms with Gasteiger partial charge in [0.25, 0.3) is 0 Å². The molecule has 22 heavy (non-hydrogen) atoms. The fraction of sp³-hybridized carbons (Fsp3) is 0.294. The molecule has 0 spiro atoms. The lowest BCUT2D eigenvalue weighted by atomic mass is 10.0. The van der Waals surface area contributed by atoms with Gasteiger partial charge < -0.3 is 10.6 Å². The summed E-state index contributed by atoms with van der Waals surface area (Å²) in [5, 5.41) is 6.73. The average molecular weight is 318 g/mol. The molecule has 0 aliphatic heterocycles. The number of benzene rings is 1. The molecule has 1 unspecified atom stereocenters. The summed E-state index contributed by atoms with van der Waals surface area (Å²) in [7, 11) is 1.88. The third-order valence-electron chi connectivity index (χ3n) is 3.30. The van der Waals surface area contributed by atoms with Crippen molar-refractivity contribution < 1.29 is 4.79 Å². The van der Waals surface area contributed by atoms with Gasteiger partial charge in [0, 0.05) is 17.6 Å². The lowest BCUT2D eigenvalue weighted by Gasteiger charge is -2.19. The van der Waals surface area contributed by atoms with Crippen molar-refractivity contribution in [2.24, 2.45) is 0 Å². The normalized spacial score (nSPS) is 11.9. The van der Waals surface area contributed by atoms with Crippen molar-refractivity contribution in [3.8, 4) is 0 Å². The molecule has 0 radical (unpaired) electrons. The summed E-state index contributed by atoms with van der Waals surface area (Å²) in [6.45, 7) is 0.818. The number of hydrogen-bond acceptors (Lipinski definition) is 3. The smallest absolute Gasteiger partial charge is 0.220 e. The Kier molecular flexibility index (Phi) is 6.37. The zero-order chi connectivity index (χ0) is 15.8. The Bertz CT molecular complexity index is 604. The van der Waals surface area contributed by atoms with E-state index < -0.39 is 0 Å². The van der Waals surface area contributed by atoms with Gasteiger partial charge in [0.05, 0.1) is 11.7 Å². The molecule has 2 rings (SSSR count). The Morgan fingerprint density at radius 1 is 1.27 bits per heavy atom. The Labute approximate surface area is 135 Å². The summed E-state index contributed by atoms with van der Waals surface area (Å²) in [5.41, 5.74) is 1.72. The molecule has 4 nitrogen and oxygen atoms in total. The second-order valence-corrected chi connectivity index (χ2v) is 5.45. The number of carbonyl (C=O) groups is 1. The highest BCUT2D eigenvalue weighted by Crippen LogP contribution is 2.23. The number of amides is 1. The lowest BCUT2D eigenvalue weighted by Crippen LogP contribution is -2.30. The van der Waals surface area contributed by atoms with Crippen LogP contribution in [0.1, 0.15) is 30.1 Å². The van der Waals surface area contributed by atoms with Gasteiger partial charge in [-0.15, -0.1) is 0 Å². The van der Waals surface area contributed by atoms with Crippen LogP contribution in [0, 0.1) is 0 Å². The van der Waals surface area contributed by atoms with E-state index in [1.54, 1.807) is 6.20 Å². The molecule has 0 saturated carbocycles. The fourth-order valence-corrected chi connectivity index (χ4v) is 2.42. The van der Waals surface area contributed by atoms with Crippen molar-refractivity contribution in [1.82, 2.24) is 15.6 Å². The number of pyridine rings is 1. The number of hydrogen-bond donors (Lipinski definition) is 2. The quantitative estimate of drug-likeness (QED) is 0.772. The minimum absolute atomic E-state index is 0.00544. The van der Waals surface area contributed by atoms with Crippen molar-refractivity contribution in [3.63, 3.8) is 0 Å². The van der Waals surface area contributed by atoms with E-state index in [1.165, 1.54) is 0 Å². The minimum atomic E-state index is -0.290. The van der Waals surface area contributed by atoms with Crippen LogP contribution in [-0.4, -0.2) is 24.5 Å². The maximum absolute atomic E-state index is 12.2. The molecule has 2 aromatic rings. The van der Waals surface area contributed by atoms with Gasteiger partial charge in [0.2, 0.25) is 5.91 Å². The van der Waals surface area contributed by atoms with Crippen molar-refractivity contribution >= 4 is 17.5 Å². The zero-order valence-electron chi connectivity index (χ0n) is 12.6. The second-order valence-electron chi connectivity index (χ2n) is 5.02. The summed E-state index contributed by atoms with van der Waals surface area (Å²) in [6.07, 6.45) is 3.00. The molecule has 116 valence electrons. The summed E-state index contributed by atoms with van der Waals surface area (Å²) in [5.74, 6) is 0.00544. The summed E-state index contributed by atoms with van der Waals surface area (Å²) < 4.78 is 0. The van der Waals surface area contributed by atoms with Crippen LogP contribution in [0.25, 0.3) is 0 Å². The molecule has 1 heterocycles. The van der Waals surface area contributed by atoms with Gasteiger partial charge in [-0.1, -0.05) is 29.8 Å². The lowest BCUT2D eigenvalue weighted by molar-refractivity contribution is -0.121. The summed E-state index contributed by atoms with van der Waals surface area (Å²) in [4.78, 5) is 16.5. The third kappa shape index (κ3) is 4.83. The predicted molar refractivity (Wildman–Crippen MR) is 88.8 cm³/mol. The third-order valence-corrected chi connectivity index (χ3v) is 3.54. The van der Waals surface area contributed by atoms with E-state index in [0.29, 0.717) is 11.4 Å². The van der Waals surface area contributed by atoms with Crippen LogP contribution < -0.4 is 10.6 Å². The molecular formula is C17H20ClN3O. The molecule has 1 aromatic heterocycles. The van der Waals surface area contributed by atoms with Gasteiger partial charge in [-0.05, 0) is 49.8 Å². The SMILES string of the molecule is CNCCCC(=O)NC(c1cccc(Cl)c1)c1ccccn1. The van der Waals surface area contributed by atoms with E-state index in [9.17, 15) is 4.79 Å². The first-order chi connectivity index (χ1) is 10.7. The van der Waals surface area contributed by atoms with Gasteiger partial charge in [-0.25, -0.2) is 0 Å². The molecule has 0 fully saturated rings. The molecular weight excluding hydrogens is 298 g/mol. The topological polar surface area (TPSA) is 54.0 Å². The number of rotatable bonds is 7. The van der Waals surface area contributed by atoms with E-state index in [2.05, 4.69) is 15.6 Å². The van der Waals surface area contributed by atoms with Gasteiger partial charge >= 0.3 is 0 Å². The van der Waals surface area contributed by atoms with Gasteiger partial charge in [0.1, 0.15) is 0 Å². The molecule has 2 N–H and O–H groups in total. The maximum atomic E-state index is 12.2. The number of nitrogens with zero attached hydrogens (tertiary/aromatic N) is 1. The summed E-state index contributed by atoms with van der Waals surface area (Å²) >= 11 is 6.07. The van der Waals surface area contributed by atoms with Crippen molar-refractivity contribution in [2.75, 3.05) is 13.6 Å². The van der Waals surface area contributed by atoms with E-state index in [4.69, 9.17) is 11.6 Å². The van der Waals surface area contributed by atoms with Gasteiger partial charge in [-0.3, -0.25) is 9.78 Å². The molecule has 0 bridgehead atoms. The molecule has 1 atom stereocenters. The second kappa shape index (κ2) is 8.51. The highest BCUT2D eigenvalue weighted by molar-refractivity contribution is 6.30. The molecule has 1 amide bonds. The van der Waals surface area contributed by atoms with Crippen LogP contribution >= 0.6 is 11.6 Å². The largest absolute Gasteiger partial charge is 0.344 e. The standard InChI is InChI=1S/C17H20ClN3O/c1-19-10-5-9-16(22)21-17(15-8-2-3-11-20-15)13-6-4-7-14(18)12-13/h2-4,6-8,11-12,17,19H,5,9-10H2,1H3,(H,21,22). The number of nitrogens with one attached hydrogen (secondary N) is 2. The maximum Gasteiger partial charge on any atom is 0.220 e. The highest BCUT2D eigenvalue weighted by atomic mass is 35.5. The average Bonchev–Trinajstić information content (AvgIpc) is 2.54. The Morgan fingerprint density at radius 2 is 2.14 bits per heavy atom. The number of aromatic nitrogens is 1. The minimum Gasteiger partial charge on any atom is -0.344 e. The van der Waals surface area contributed by atoms with Crippen molar-refractivity contribution in [2.45, 2.75) is 18.9 Å². The van der Waals surface area contributed by atoms with Crippen LogP contribution in [0.3, 0.4) is 0 Å². The molecule has 0 saturated heterocycles. The molecule has 0 aliphatic carbocycles. The van der Waals surface area contributed by atoms with E-state index in [-0.39, 0.29) is 11.9 Å². The Morgan fingerprint density at radius 3 is 2.82 bits per heavy atom. The molecule has 5 heteroatoms. The first kappa shape index (κ1) is 16.5. The fourth-order valence-electron chi connectivity index (χ4n) is 2.22. The number of carbonyl (C=O) groups excluding carboxylic acids is 1. The first-order valence-corrected chi connectivity index (χ1v) is 7.69. The molecule has 1 aromatic carbocycles. The number of halogens is 1. The zero-order valence-corrected chi connectivity index (χ0v) is 13.3. The summed E-state index contributed by atoms with van der Waals surface area (Å²) in [6, 6.07) is 12.9. The van der Waals surface area contributed by atoms with Crippen LogP contribution in [-0.2, 0) is 4.79 Å². The molecule has 0 aliphatic rings. The van der Waals surface area contributed by atoms with E-state index >= 15 is 0 Å². The van der Waals surface area contributed by atoms with Crippen LogP contribution in [0.2, 0.25) is 5.02 Å². The monoisotopic (exact) mass is 317 g/mol. The van der Waals surface area contributed by atoms with Crippen molar-refractivity contribution in [1.29, 1.82) is 0 Å². The van der Waals surface area contributed by atoms with Gasteiger partial charge in [-0.2, -0.15) is 0 Å². The van der Waals surface area contributed by atoms with Gasteiger partial charge in [0.15, 0.2) is 0 Å². The highest BCUT2D eigenvalue weighted by Gasteiger charge is 2.18. The van der Waals surface area contributed by atoms with E-state index in [0.717, 1.165) is 24.2 Å². The van der Waals surface area contributed by atoms with Crippen molar-refractivity contribution in [3.05, 3.63) is 64.9 Å². The van der Waals surface area contributed by atoms with Crippen LogP contribution in [0.4, 0.5) is 0 Å². The van der Waals surface area contributed by atoms with Crippen LogP contribution in [0.15, 0.2) is 48.7 Å².